The Hall–Kier alpha value is -1.37. The third kappa shape index (κ3) is 3.06. The van der Waals surface area contributed by atoms with Crippen molar-refractivity contribution in [3.05, 3.63) is 35.4 Å². The third-order valence-electron chi connectivity index (χ3n) is 2.97. The molecule has 2 rings (SSSR count). The zero-order valence-corrected chi connectivity index (χ0v) is 9.37. The summed E-state index contributed by atoms with van der Waals surface area (Å²) in [4.78, 5) is 0. The highest BCUT2D eigenvalue weighted by atomic mass is 15.0. The van der Waals surface area contributed by atoms with Gasteiger partial charge in [0.1, 0.15) is 0 Å². The van der Waals surface area contributed by atoms with Gasteiger partial charge in [-0.1, -0.05) is 12.1 Å². The Morgan fingerprint density at radius 1 is 1.38 bits per heavy atom. The summed E-state index contributed by atoms with van der Waals surface area (Å²) in [6, 6.07) is 10.5. The summed E-state index contributed by atoms with van der Waals surface area (Å²) in [6.07, 6.45) is 2.51. The van der Waals surface area contributed by atoms with Gasteiger partial charge in [0.15, 0.2) is 0 Å². The molecule has 1 fully saturated rings. The van der Waals surface area contributed by atoms with E-state index in [1.165, 1.54) is 18.4 Å². The van der Waals surface area contributed by atoms with Crippen molar-refractivity contribution < 1.29 is 0 Å². The number of benzene rings is 1. The number of hydrogen-bond donors (Lipinski definition) is 2. The predicted molar refractivity (Wildman–Crippen MR) is 63.9 cm³/mol. The molecule has 3 nitrogen and oxygen atoms in total. The number of rotatable bonds is 3. The smallest absolute Gasteiger partial charge is 0.0991 e. The molecule has 0 spiro atoms. The largest absolute Gasteiger partial charge is 0.315 e. The van der Waals surface area contributed by atoms with Gasteiger partial charge in [0, 0.05) is 19.1 Å². The second-order valence-electron chi connectivity index (χ2n) is 4.23. The van der Waals surface area contributed by atoms with Crippen LogP contribution in [-0.4, -0.2) is 19.1 Å². The van der Waals surface area contributed by atoms with Crippen LogP contribution in [0.3, 0.4) is 0 Å². The van der Waals surface area contributed by atoms with Crippen LogP contribution >= 0.6 is 0 Å². The molecule has 1 aliphatic rings. The predicted octanol–water partition coefficient (Wildman–Crippen LogP) is 1.40. The van der Waals surface area contributed by atoms with Gasteiger partial charge >= 0.3 is 0 Å². The fourth-order valence-electron chi connectivity index (χ4n) is 1.99. The Morgan fingerprint density at radius 3 is 2.81 bits per heavy atom. The number of nitrogens with zero attached hydrogens (tertiary/aromatic N) is 1. The molecule has 0 aliphatic carbocycles. The number of nitrogens with one attached hydrogen (secondary N) is 2. The molecule has 1 atom stereocenters. The van der Waals surface area contributed by atoms with Crippen LogP contribution < -0.4 is 10.6 Å². The Labute approximate surface area is 96.5 Å². The summed E-state index contributed by atoms with van der Waals surface area (Å²) in [6.45, 7) is 3.10. The summed E-state index contributed by atoms with van der Waals surface area (Å²) in [5.74, 6) is 0. The van der Waals surface area contributed by atoms with Gasteiger partial charge < -0.3 is 10.6 Å². The molecule has 1 aromatic carbocycles. The maximum absolute atomic E-state index is 8.69. The first-order chi connectivity index (χ1) is 7.88. The summed E-state index contributed by atoms with van der Waals surface area (Å²) < 4.78 is 0. The lowest BCUT2D eigenvalue weighted by Gasteiger charge is -2.23. The van der Waals surface area contributed by atoms with Crippen LogP contribution in [0.5, 0.6) is 0 Å². The van der Waals surface area contributed by atoms with E-state index < -0.39 is 0 Å². The second-order valence-corrected chi connectivity index (χ2v) is 4.23. The van der Waals surface area contributed by atoms with Crippen molar-refractivity contribution in [1.29, 1.82) is 5.26 Å². The summed E-state index contributed by atoms with van der Waals surface area (Å²) in [7, 11) is 0. The molecule has 1 aliphatic heterocycles. The van der Waals surface area contributed by atoms with Crippen LogP contribution in [0.25, 0.3) is 0 Å². The average Bonchev–Trinajstić information content (AvgIpc) is 2.38. The molecule has 1 aromatic rings. The number of piperidine rings is 1. The van der Waals surface area contributed by atoms with E-state index in [-0.39, 0.29) is 0 Å². The lowest BCUT2D eigenvalue weighted by molar-refractivity contribution is 0.389. The molecule has 1 saturated heterocycles. The molecule has 16 heavy (non-hydrogen) atoms. The van der Waals surface area contributed by atoms with Crippen molar-refractivity contribution in [3.63, 3.8) is 0 Å². The highest BCUT2D eigenvalue weighted by molar-refractivity contribution is 5.31. The molecule has 2 N–H and O–H groups in total. The molecular weight excluding hydrogens is 198 g/mol. The van der Waals surface area contributed by atoms with Crippen molar-refractivity contribution >= 4 is 0 Å². The lowest BCUT2D eigenvalue weighted by Crippen LogP contribution is -2.42. The first kappa shape index (κ1) is 11.1. The van der Waals surface area contributed by atoms with Crippen molar-refractivity contribution in [2.45, 2.75) is 25.4 Å². The van der Waals surface area contributed by atoms with Gasteiger partial charge in [0.05, 0.1) is 11.6 Å². The summed E-state index contributed by atoms with van der Waals surface area (Å²) in [5, 5.41) is 15.6. The van der Waals surface area contributed by atoms with Crippen LogP contribution in [0, 0.1) is 11.3 Å². The van der Waals surface area contributed by atoms with Crippen LogP contribution in [0.4, 0.5) is 0 Å². The molecule has 0 amide bonds. The normalized spacial score (nSPS) is 20.3. The van der Waals surface area contributed by atoms with Crippen molar-refractivity contribution in [2.24, 2.45) is 0 Å². The van der Waals surface area contributed by atoms with Gasteiger partial charge in [-0.3, -0.25) is 0 Å². The van der Waals surface area contributed by atoms with Crippen molar-refractivity contribution in [3.8, 4) is 6.07 Å². The van der Waals surface area contributed by atoms with Crippen LogP contribution in [-0.2, 0) is 6.54 Å². The van der Waals surface area contributed by atoms with E-state index in [0.29, 0.717) is 6.04 Å². The molecule has 0 bridgehead atoms. The van der Waals surface area contributed by atoms with E-state index in [2.05, 4.69) is 16.7 Å². The Bertz CT molecular complexity index is 358. The molecule has 84 valence electrons. The highest BCUT2D eigenvalue weighted by Gasteiger charge is 2.11. The highest BCUT2D eigenvalue weighted by Crippen LogP contribution is 2.06. The van der Waals surface area contributed by atoms with Crippen molar-refractivity contribution in [1.82, 2.24) is 10.6 Å². The van der Waals surface area contributed by atoms with E-state index in [1.807, 2.05) is 24.3 Å². The third-order valence-corrected chi connectivity index (χ3v) is 2.97. The zero-order chi connectivity index (χ0) is 11.2. The van der Waals surface area contributed by atoms with Gasteiger partial charge in [-0.05, 0) is 37.1 Å². The van der Waals surface area contributed by atoms with E-state index in [1.54, 1.807) is 0 Å². The first-order valence-corrected chi connectivity index (χ1v) is 5.81. The Balaban J connectivity index is 1.82. The first-order valence-electron chi connectivity index (χ1n) is 5.81. The van der Waals surface area contributed by atoms with Gasteiger partial charge in [0.25, 0.3) is 0 Å². The van der Waals surface area contributed by atoms with Gasteiger partial charge in [-0.15, -0.1) is 0 Å². The van der Waals surface area contributed by atoms with Crippen LogP contribution in [0.15, 0.2) is 24.3 Å². The van der Waals surface area contributed by atoms with Crippen LogP contribution in [0.1, 0.15) is 24.0 Å². The van der Waals surface area contributed by atoms with E-state index in [4.69, 9.17) is 5.26 Å². The Kier molecular flexibility index (Phi) is 3.92. The number of hydrogen-bond acceptors (Lipinski definition) is 3. The standard InChI is InChI=1S/C13H17N3/c14-8-11-3-5-12(6-4-11)9-16-13-2-1-7-15-10-13/h3-6,13,15-16H,1-2,7,9-10H2. The minimum absolute atomic E-state index is 0.587. The van der Waals surface area contributed by atoms with E-state index in [9.17, 15) is 0 Å². The van der Waals surface area contributed by atoms with Crippen LogP contribution in [0.2, 0.25) is 0 Å². The van der Waals surface area contributed by atoms with Gasteiger partial charge in [0.2, 0.25) is 0 Å². The fourth-order valence-corrected chi connectivity index (χ4v) is 1.99. The molecule has 0 radical (unpaired) electrons. The fraction of sp³-hybridized carbons (Fsp3) is 0.462. The number of nitriles is 1. The maximum atomic E-state index is 8.69. The second kappa shape index (κ2) is 5.64. The monoisotopic (exact) mass is 215 g/mol. The van der Waals surface area contributed by atoms with E-state index >= 15 is 0 Å². The lowest BCUT2D eigenvalue weighted by atomic mass is 10.1. The SMILES string of the molecule is N#Cc1ccc(CNC2CCCNC2)cc1. The quantitative estimate of drug-likeness (QED) is 0.801. The topological polar surface area (TPSA) is 47.9 Å². The molecule has 1 heterocycles. The summed E-state index contributed by atoms with van der Waals surface area (Å²) in [5.41, 5.74) is 1.97. The maximum Gasteiger partial charge on any atom is 0.0991 e. The summed E-state index contributed by atoms with van der Waals surface area (Å²) >= 11 is 0. The molecular formula is C13H17N3. The molecule has 0 aromatic heterocycles. The average molecular weight is 215 g/mol. The zero-order valence-electron chi connectivity index (χ0n) is 9.37. The van der Waals surface area contributed by atoms with Crippen molar-refractivity contribution in [2.75, 3.05) is 13.1 Å². The van der Waals surface area contributed by atoms with Gasteiger partial charge in [-0.25, -0.2) is 0 Å². The molecule has 0 saturated carbocycles. The molecule has 3 heteroatoms. The minimum atomic E-state index is 0.587. The molecule has 1 unspecified atom stereocenters. The Morgan fingerprint density at radius 2 is 2.19 bits per heavy atom. The van der Waals surface area contributed by atoms with E-state index in [0.717, 1.165) is 25.2 Å². The minimum Gasteiger partial charge on any atom is -0.315 e. The van der Waals surface area contributed by atoms with Gasteiger partial charge in [-0.2, -0.15) is 5.26 Å².